The Kier molecular flexibility index (Phi) is 17.0. The van der Waals surface area contributed by atoms with Gasteiger partial charge in [-0.1, -0.05) is 29.3 Å². The predicted octanol–water partition coefficient (Wildman–Crippen LogP) is 2.74. The van der Waals surface area contributed by atoms with Crippen molar-refractivity contribution in [2.24, 2.45) is 0 Å². The molecule has 0 aliphatic rings. The van der Waals surface area contributed by atoms with Crippen molar-refractivity contribution in [2.75, 3.05) is 18.4 Å². The summed E-state index contributed by atoms with van der Waals surface area (Å²) in [7, 11) is 0. The molecule has 0 aliphatic carbocycles. The molecule has 0 aliphatic heterocycles. The molecule has 0 fully saturated rings. The maximum absolute atomic E-state index is 3.38. The molecule has 3 heteroatoms. The van der Waals surface area contributed by atoms with E-state index in [0.29, 0.717) is 0 Å². The topological polar surface area (TPSA) is 12.0 Å². The van der Waals surface area contributed by atoms with Crippen LogP contribution in [0.5, 0.6) is 0 Å². The molecule has 0 saturated carbocycles. The summed E-state index contributed by atoms with van der Waals surface area (Å²) in [5, 5.41) is 4.47. The monoisotopic (exact) mass is 273 g/mol. The fourth-order valence-electron chi connectivity index (χ4n) is 0.619. The Morgan fingerprint density at radius 2 is 1.80 bits per heavy atom. The first-order chi connectivity index (χ1) is 4.41. The number of unbranched alkanes of at least 4 members (excludes halogenated alkanes) is 1. The molecule has 0 spiro atoms. The lowest BCUT2D eigenvalue weighted by atomic mass is 10.3. The highest BCUT2D eigenvalue weighted by Gasteiger charge is 1.83. The Morgan fingerprint density at radius 3 is 2.30 bits per heavy atom. The highest BCUT2D eigenvalue weighted by molar-refractivity contribution is 9.09. The van der Waals surface area contributed by atoms with Gasteiger partial charge in [-0.2, -0.15) is 0 Å². The van der Waals surface area contributed by atoms with E-state index in [1.54, 1.807) is 0 Å². The van der Waals surface area contributed by atoms with Crippen LogP contribution in [0.25, 0.3) is 0 Å². The van der Waals surface area contributed by atoms with Gasteiger partial charge in [-0.05, 0) is 25.9 Å². The molecule has 0 heterocycles. The minimum absolute atomic E-state index is 0. The van der Waals surface area contributed by atoms with Gasteiger partial charge in [0.1, 0.15) is 0 Å². The standard InChI is InChI=1S/C7H16BrN.BrH/c1-2-3-6-9-7-4-5-8;/h9H,2-7H2,1H3;1H. The quantitative estimate of drug-likeness (QED) is 0.580. The van der Waals surface area contributed by atoms with E-state index >= 15 is 0 Å². The van der Waals surface area contributed by atoms with Gasteiger partial charge in [-0.15, -0.1) is 17.0 Å². The molecule has 0 aromatic heterocycles. The van der Waals surface area contributed by atoms with Gasteiger partial charge in [0.15, 0.2) is 0 Å². The van der Waals surface area contributed by atoms with Gasteiger partial charge in [0.2, 0.25) is 0 Å². The van der Waals surface area contributed by atoms with Crippen LogP contribution in [-0.4, -0.2) is 18.4 Å². The summed E-state index contributed by atoms with van der Waals surface area (Å²) in [6, 6.07) is 0. The van der Waals surface area contributed by atoms with Gasteiger partial charge in [0.05, 0.1) is 0 Å². The molecule has 0 atom stereocenters. The summed E-state index contributed by atoms with van der Waals surface area (Å²) in [6.07, 6.45) is 3.84. The first-order valence-electron chi connectivity index (χ1n) is 3.68. The molecule has 0 unspecified atom stereocenters. The molecule has 0 amide bonds. The maximum Gasteiger partial charge on any atom is 0.00433 e. The third-order valence-electron chi connectivity index (χ3n) is 1.19. The zero-order valence-corrected chi connectivity index (χ0v) is 9.83. The second-order valence-electron chi connectivity index (χ2n) is 2.15. The summed E-state index contributed by atoms with van der Waals surface area (Å²) < 4.78 is 0. The minimum Gasteiger partial charge on any atom is -0.317 e. The van der Waals surface area contributed by atoms with E-state index in [9.17, 15) is 0 Å². The number of rotatable bonds is 6. The van der Waals surface area contributed by atoms with E-state index in [-0.39, 0.29) is 17.0 Å². The van der Waals surface area contributed by atoms with E-state index in [0.717, 1.165) is 11.9 Å². The van der Waals surface area contributed by atoms with Gasteiger partial charge in [-0.25, -0.2) is 0 Å². The van der Waals surface area contributed by atoms with Crippen molar-refractivity contribution in [3.05, 3.63) is 0 Å². The maximum atomic E-state index is 3.38. The van der Waals surface area contributed by atoms with Crippen molar-refractivity contribution in [1.82, 2.24) is 5.32 Å². The highest BCUT2D eigenvalue weighted by atomic mass is 79.9. The Morgan fingerprint density at radius 1 is 1.20 bits per heavy atom. The fourth-order valence-corrected chi connectivity index (χ4v) is 0.899. The number of halogens is 2. The van der Waals surface area contributed by atoms with Crippen LogP contribution in [0.1, 0.15) is 26.2 Å². The molecule has 1 nitrogen and oxygen atoms in total. The average molecular weight is 275 g/mol. The number of hydrogen-bond donors (Lipinski definition) is 1. The van der Waals surface area contributed by atoms with Crippen molar-refractivity contribution in [1.29, 1.82) is 0 Å². The molecule has 0 rings (SSSR count). The van der Waals surface area contributed by atoms with Crippen LogP contribution in [0.4, 0.5) is 0 Å². The smallest absolute Gasteiger partial charge is 0.00433 e. The SMILES string of the molecule is Br.CCCCNCCCBr. The second-order valence-corrected chi connectivity index (χ2v) is 2.94. The molecule has 0 saturated heterocycles. The molecule has 0 aromatic carbocycles. The van der Waals surface area contributed by atoms with Crippen molar-refractivity contribution in [3.63, 3.8) is 0 Å². The lowest BCUT2D eigenvalue weighted by Crippen LogP contribution is -2.16. The van der Waals surface area contributed by atoms with Crippen LogP contribution >= 0.6 is 32.9 Å². The van der Waals surface area contributed by atoms with Crippen LogP contribution in [-0.2, 0) is 0 Å². The fraction of sp³-hybridized carbons (Fsp3) is 1.00. The number of alkyl halides is 1. The molecule has 0 radical (unpaired) electrons. The molecule has 0 aromatic rings. The zero-order chi connectivity index (χ0) is 6.95. The molecule has 64 valence electrons. The molecular formula is C7H17Br2N. The molecular weight excluding hydrogens is 258 g/mol. The second kappa shape index (κ2) is 12.6. The van der Waals surface area contributed by atoms with Crippen LogP contribution in [0.3, 0.4) is 0 Å². The summed E-state index contributed by atoms with van der Waals surface area (Å²) in [4.78, 5) is 0. The van der Waals surface area contributed by atoms with Gasteiger partial charge >= 0.3 is 0 Å². The van der Waals surface area contributed by atoms with Crippen LogP contribution in [0.2, 0.25) is 0 Å². The van der Waals surface area contributed by atoms with E-state index in [1.807, 2.05) is 0 Å². The van der Waals surface area contributed by atoms with Crippen molar-refractivity contribution in [3.8, 4) is 0 Å². The molecule has 0 bridgehead atoms. The lowest BCUT2D eigenvalue weighted by Gasteiger charge is -1.99. The van der Waals surface area contributed by atoms with Gasteiger partial charge in [-0.3, -0.25) is 0 Å². The first-order valence-corrected chi connectivity index (χ1v) is 4.80. The van der Waals surface area contributed by atoms with Crippen LogP contribution in [0.15, 0.2) is 0 Å². The Hall–Kier alpha value is 0.920. The van der Waals surface area contributed by atoms with Crippen LogP contribution in [0, 0.1) is 0 Å². The van der Waals surface area contributed by atoms with Crippen LogP contribution < -0.4 is 5.32 Å². The summed E-state index contributed by atoms with van der Waals surface area (Å²) in [5.41, 5.74) is 0. The third kappa shape index (κ3) is 11.7. The number of hydrogen-bond acceptors (Lipinski definition) is 1. The van der Waals surface area contributed by atoms with Gasteiger partial charge in [0, 0.05) is 5.33 Å². The van der Waals surface area contributed by atoms with Gasteiger partial charge in [0.25, 0.3) is 0 Å². The number of nitrogens with one attached hydrogen (secondary N) is 1. The van der Waals surface area contributed by atoms with Crippen molar-refractivity contribution < 1.29 is 0 Å². The van der Waals surface area contributed by atoms with Crippen molar-refractivity contribution >= 4 is 32.9 Å². The lowest BCUT2D eigenvalue weighted by molar-refractivity contribution is 0.636. The highest BCUT2D eigenvalue weighted by Crippen LogP contribution is 1.86. The van der Waals surface area contributed by atoms with E-state index in [1.165, 1.54) is 25.8 Å². The third-order valence-corrected chi connectivity index (χ3v) is 1.76. The van der Waals surface area contributed by atoms with E-state index < -0.39 is 0 Å². The molecule has 10 heavy (non-hydrogen) atoms. The Balaban J connectivity index is 0. The summed E-state index contributed by atoms with van der Waals surface area (Å²) in [6.45, 7) is 4.56. The van der Waals surface area contributed by atoms with E-state index in [2.05, 4.69) is 28.2 Å². The molecule has 1 N–H and O–H groups in total. The zero-order valence-electron chi connectivity index (χ0n) is 6.53. The van der Waals surface area contributed by atoms with Gasteiger partial charge < -0.3 is 5.32 Å². The normalized spacial score (nSPS) is 9.00. The van der Waals surface area contributed by atoms with E-state index in [4.69, 9.17) is 0 Å². The average Bonchev–Trinajstić information content (AvgIpc) is 1.89. The Bertz CT molecular complexity index is 44.9. The minimum atomic E-state index is 0. The first kappa shape index (κ1) is 13.5. The Labute approximate surface area is 82.9 Å². The summed E-state index contributed by atoms with van der Waals surface area (Å²) >= 11 is 3.38. The summed E-state index contributed by atoms with van der Waals surface area (Å²) in [5.74, 6) is 0. The predicted molar refractivity (Wildman–Crippen MR) is 56.5 cm³/mol. The van der Waals surface area contributed by atoms with Crippen molar-refractivity contribution in [2.45, 2.75) is 26.2 Å². The largest absolute Gasteiger partial charge is 0.317 e.